The Balaban J connectivity index is 2.77. The van der Waals surface area contributed by atoms with Crippen LogP contribution < -0.4 is 5.73 Å². The molecule has 1 rings (SSSR count). The van der Waals surface area contributed by atoms with Crippen LogP contribution in [0.4, 0.5) is 8.78 Å². The summed E-state index contributed by atoms with van der Waals surface area (Å²) in [6.07, 6.45) is 0.0496. The van der Waals surface area contributed by atoms with Crippen LogP contribution in [-0.2, 0) is 11.2 Å². The van der Waals surface area contributed by atoms with E-state index in [9.17, 15) is 13.6 Å². The predicted molar refractivity (Wildman–Crippen MR) is 73.7 cm³/mol. The lowest BCUT2D eigenvalue weighted by Gasteiger charge is -2.24. The summed E-state index contributed by atoms with van der Waals surface area (Å²) < 4.78 is 26.9. The number of nitrogens with zero attached hydrogens (tertiary/aromatic N) is 1. The van der Waals surface area contributed by atoms with Crippen molar-refractivity contribution in [3.8, 4) is 0 Å². The minimum Gasteiger partial charge on any atom is -0.393 e. The van der Waals surface area contributed by atoms with Gasteiger partial charge in [0.05, 0.1) is 11.4 Å². The summed E-state index contributed by atoms with van der Waals surface area (Å²) in [5.74, 6) is -1.82. The Morgan fingerprint density at radius 3 is 2.42 bits per heavy atom. The van der Waals surface area contributed by atoms with E-state index in [1.165, 1.54) is 11.0 Å². The number of carbonyl (C=O) groups is 1. The third-order valence-corrected chi connectivity index (χ3v) is 3.11. The number of thiocarbonyl (C=S) groups is 1. The topological polar surface area (TPSA) is 46.3 Å². The zero-order valence-corrected chi connectivity index (χ0v) is 11.6. The van der Waals surface area contributed by atoms with Crippen molar-refractivity contribution >= 4 is 23.1 Å². The molecule has 0 fully saturated rings. The molecule has 104 valence electrons. The van der Waals surface area contributed by atoms with Crippen molar-refractivity contribution in [2.75, 3.05) is 7.05 Å². The molecule has 0 heterocycles. The van der Waals surface area contributed by atoms with Gasteiger partial charge in [-0.05, 0) is 19.1 Å². The van der Waals surface area contributed by atoms with Crippen LogP contribution in [0.5, 0.6) is 0 Å². The van der Waals surface area contributed by atoms with Gasteiger partial charge >= 0.3 is 0 Å². The predicted octanol–water partition coefficient (Wildman–Crippen LogP) is 2.03. The van der Waals surface area contributed by atoms with Gasteiger partial charge in [0.25, 0.3) is 0 Å². The van der Waals surface area contributed by atoms with Gasteiger partial charge in [-0.25, -0.2) is 8.78 Å². The Morgan fingerprint density at radius 2 is 1.95 bits per heavy atom. The Kier molecular flexibility index (Phi) is 5.35. The molecule has 2 N–H and O–H groups in total. The zero-order valence-electron chi connectivity index (χ0n) is 10.8. The number of carbonyl (C=O) groups excluding carboxylic acids is 1. The monoisotopic (exact) mass is 286 g/mol. The van der Waals surface area contributed by atoms with Crippen molar-refractivity contribution in [1.29, 1.82) is 0 Å². The van der Waals surface area contributed by atoms with Gasteiger partial charge in [0.2, 0.25) is 5.91 Å². The van der Waals surface area contributed by atoms with E-state index in [-0.39, 0.29) is 23.9 Å². The minimum atomic E-state index is -0.719. The fourth-order valence-corrected chi connectivity index (χ4v) is 1.89. The summed E-state index contributed by atoms with van der Waals surface area (Å²) in [6, 6.07) is 3.31. The van der Waals surface area contributed by atoms with Crippen LogP contribution in [0.3, 0.4) is 0 Å². The Morgan fingerprint density at radius 1 is 1.42 bits per heavy atom. The van der Waals surface area contributed by atoms with E-state index in [2.05, 4.69) is 0 Å². The lowest BCUT2D eigenvalue weighted by Crippen LogP contribution is -2.38. The van der Waals surface area contributed by atoms with Crippen molar-refractivity contribution in [2.45, 2.75) is 25.8 Å². The molecule has 0 saturated heterocycles. The number of benzene rings is 1. The number of hydrogen-bond acceptors (Lipinski definition) is 2. The molecule has 0 spiro atoms. The number of nitrogens with two attached hydrogens (primary N) is 1. The van der Waals surface area contributed by atoms with Crippen molar-refractivity contribution < 1.29 is 13.6 Å². The molecule has 0 aliphatic heterocycles. The van der Waals surface area contributed by atoms with E-state index in [0.717, 1.165) is 12.1 Å². The first-order chi connectivity index (χ1) is 8.82. The van der Waals surface area contributed by atoms with Crippen LogP contribution in [-0.4, -0.2) is 28.9 Å². The Hall–Kier alpha value is -1.56. The van der Waals surface area contributed by atoms with Crippen LogP contribution >= 0.6 is 12.2 Å². The van der Waals surface area contributed by atoms with Crippen molar-refractivity contribution in [3.05, 3.63) is 35.4 Å². The lowest BCUT2D eigenvalue weighted by molar-refractivity contribution is -0.130. The molecule has 0 aliphatic rings. The molecule has 0 saturated carbocycles. The number of likely N-dealkylation sites (N-methyl/N-ethyl adjacent to an activating group) is 1. The van der Waals surface area contributed by atoms with Gasteiger partial charge in [-0.15, -0.1) is 0 Å². The number of halogens is 2. The Labute approximate surface area is 116 Å². The van der Waals surface area contributed by atoms with Crippen LogP contribution in [0, 0.1) is 11.6 Å². The summed E-state index contributed by atoms with van der Waals surface area (Å²) in [7, 11) is 1.56. The SMILES string of the molecule is CC(CC(N)=S)N(C)C(=O)Cc1c(F)cccc1F. The molecule has 1 aromatic rings. The molecule has 6 heteroatoms. The second kappa shape index (κ2) is 6.56. The van der Waals surface area contributed by atoms with Crippen LogP contribution in [0.1, 0.15) is 18.9 Å². The number of amides is 1. The average molecular weight is 286 g/mol. The highest BCUT2D eigenvalue weighted by Gasteiger charge is 2.20. The van der Waals surface area contributed by atoms with Gasteiger partial charge in [0.15, 0.2) is 0 Å². The van der Waals surface area contributed by atoms with Gasteiger partial charge in [0, 0.05) is 25.1 Å². The van der Waals surface area contributed by atoms with Crippen molar-refractivity contribution in [1.82, 2.24) is 4.90 Å². The van der Waals surface area contributed by atoms with E-state index in [1.54, 1.807) is 14.0 Å². The third kappa shape index (κ3) is 4.24. The van der Waals surface area contributed by atoms with Crippen molar-refractivity contribution in [2.24, 2.45) is 5.73 Å². The second-order valence-corrected chi connectivity index (χ2v) is 4.93. The Bertz CT molecular complexity index is 473. The molecule has 0 bridgehead atoms. The highest BCUT2D eigenvalue weighted by molar-refractivity contribution is 7.80. The highest BCUT2D eigenvalue weighted by atomic mass is 32.1. The number of hydrogen-bond donors (Lipinski definition) is 1. The molecule has 1 aromatic carbocycles. The molecular formula is C13H16F2N2OS. The molecule has 0 aliphatic carbocycles. The maximum atomic E-state index is 13.4. The fourth-order valence-electron chi connectivity index (χ4n) is 1.65. The van der Waals surface area contributed by atoms with Gasteiger partial charge in [-0.1, -0.05) is 18.3 Å². The first-order valence-electron chi connectivity index (χ1n) is 5.79. The molecule has 1 amide bonds. The number of rotatable bonds is 5. The van der Waals surface area contributed by atoms with Gasteiger partial charge in [-0.2, -0.15) is 0 Å². The molecule has 0 radical (unpaired) electrons. The summed E-state index contributed by atoms with van der Waals surface area (Å²) in [5.41, 5.74) is 5.19. The standard InChI is InChI=1S/C13H16F2N2OS/c1-8(6-12(16)19)17(2)13(18)7-9-10(14)4-3-5-11(9)15/h3-5,8H,6-7H2,1-2H3,(H2,16,19). The van der Waals surface area contributed by atoms with E-state index < -0.39 is 11.6 Å². The quantitative estimate of drug-likeness (QED) is 0.843. The van der Waals surface area contributed by atoms with Crippen LogP contribution in [0.15, 0.2) is 18.2 Å². The van der Waals surface area contributed by atoms with E-state index >= 15 is 0 Å². The molecule has 19 heavy (non-hydrogen) atoms. The maximum absolute atomic E-state index is 13.4. The zero-order chi connectivity index (χ0) is 14.6. The summed E-state index contributed by atoms with van der Waals surface area (Å²) in [5, 5.41) is 0. The second-order valence-electron chi connectivity index (χ2n) is 4.40. The fraction of sp³-hybridized carbons (Fsp3) is 0.385. The summed E-state index contributed by atoms with van der Waals surface area (Å²) in [4.78, 5) is 13.6. The first kappa shape index (κ1) is 15.5. The lowest BCUT2D eigenvalue weighted by atomic mass is 10.1. The molecule has 0 aromatic heterocycles. The first-order valence-corrected chi connectivity index (χ1v) is 6.20. The largest absolute Gasteiger partial charge is 0.393 e. The van der Waals surface area contributed by atoms with Gasteiger partial charge < -0.3 is 10.6 Å². The maximum Gasteiger partial charge on any atom is 0.227 e. The highest BCUT2D eigenvalue weighted by Crippen LogP contribution is 2.14. The molecular weight excluding hydrogens is 270 g/mol. The van der Waals surface area contributed by atoms with E-state index in [1.807, 2.05) is 0 Å². The molecule has 3 nitrogen and oxygen atoms in total. The molecule has 1 unspecified atom stereocenters. The normalized spacial score (nSPS) is 12.0. The minimum absolute atomic E-state index is 0.208. The van der Waals surface area contributed by atoms with Gasteiger partial charge in [-0.3, -0.25) is 4.79 Å². The van der Waals surface area contributed by atoms with Crippen LogP contribution in [0.25, 0.3) is 0 Å². The summed E-state index contributed by atoms with van der Waals surface area (Å²) >= 11 is 4.77. The van der Waals surface area contributed by atoms with Crippen LogP contribution in [0.2, 0.25) is 0 Å². The smallest absolute Gasteiger partial charge is 0.227 e. The molecule has 1 atom stereocenters. The van der Waals surface area contributed by atoms with E-state index in [0.29, 0.717) is 11.4 Å². The van der Waals surface area contributed by atoms with E-state index in [4.69, 9.17) is 18.0 Å². The van der Waals surface area contributed by atoms with Crippen molar-refractivity contribution in [3.63, 3.8) is 0 Å². The summed E-state index contributed by atoms with van der Waals surface area (Å²) in [6.45, 7) is 1.77. The van der Waals surface area contributed by atoms with Gasteiger partial charge in [0.1, 0.15) is 11.6 Å². The average Bonchev–Trinajstić information content (AvgIpc) is 2.32. The third-order valence-electron chi connectivity index (χ3n) is 2.94.